The van der Waals surface area contributed by atoms with Gasteiger partial charge in [-0.25, -0.2) is 9.78 Å². The minimum absolute atomic E-state index is 0.0391. The number of rotatable bonds is 1. The number of halogens is 1. The zero-order valence-electron chi connectivity index (χ0n) is 9.82. The van der Waals surface area contributed by atoms with Crippen LogP contribution in [0.15, 0.2) is 6.20 Å². The number of nitrogens with zero attached hydrogens (tertiary/aromatic N) is 5. The van der Waals surface area contributed by atoms with Crippen LogP contribution in [0.5, 0.6) is 0 Å². The number of fused-ring (bicyclic) bond motifs is 2. The number of carbonyl (C=O) groups is 1. The molecule has 2 saturated heterocycles. The number of anilines is 1. The molecule has 98 valence electrons. The third-order valence-corrected chi connectivity index (χ3v) is 3.80. The van der Waals surface area contributed by atoms with Gasteiger partial charge in [0.05, 0.1) is 18.3 Å². The first-order chi connectivity index (χ1) is 9.10. The smallest absolute Gasteiger partial charge is 0.407 e. The van der Waals surface area contributed by atoms with Gasteiger partial charge in [-0.15, -0.1) is 0 Å². The highest BCUT2D eigenvalue weighted by Crippen LogP contribution is 2.35. The third-order valence-electron chi connectivity index (χ3n) is 3.62. The van der Waals surface area contributed by atoms with Gasteiger partial charge in [-0.05, 0) is 18.0 Å². The molecular weight excluding hydrogens is 270 g/mol. The van der Waals surface area contributed by atoms with E-state index < -0.39 is 6.09 Å². The topological polar surface area (TPSA) is 93.4 Å². The Morgan fingerprint density at radius 1 is 1.53 bits per heavy atom. The van der Waals surface area contributed by atoms with E-state index in [0.29, 0.717) is 24.5 Å². The van der Waals surface area contributed by atoms with Gasteiger partial charge in [-0.1, -0.05) is 0 Å². The molecule has 0 radical (unpaired) electrons. The lowest BCUT2D eigenvalue weighted by atomic mass is 10.2. The van der Waals surface area contributed by atoms with Crippen LogP contribution in [-0.4, -0.2) is 51.2 Å². The van der Waals surface area contributed by atoms with Gasteiger partial charge in [0.15, 0.2) is 5.82 Å². The van der Waals surface area contributed by atoms with Crippen LogP contribution in [0.1, 0.15) is 12.0 Å². The fourth-order valence-corrected chi connectivity index (χ4v) is 2.94. The summed E-state index contributed by atoms with van der Waals surface area (Å²) >= 11 is 5.77. The second-order valence-electron chi connectivity index (χ2n) is 4.62. The summed E-state index contributed by atoms with van der Waals surface area (Å²) < 4.78 is 0. The summed E-state index contributed by atoms with van der Waals surface area (Å²) in [6, 6.07) is 2.05. The zero-order valence-corrected chi connectivity index (χ0v) is 10.6. The first-order valence-electron chi connectivity index (χ1n) is 5.79. The van der Waals surface area contributed by atoms with Crippen LogP contribution in [0.25, 0.3) is 0 Å². The van der Waals surface area contributed by atoms with Crippen molar-refractivity contribution in [3.8, 4) is 6.07 Å². The van der Waals surface area contributed by atoms with Crippen molar-refractivity contribution in [2.75, 3.05) is 18.0 Å². The number of carboxylic acid groups (broad SMARTS) is 1. The summed E-state index contributed by atoms with van der Waals surface area (Å²) in [5, 5.41) is 18.2. The monoisotopic (exact) mass is 279 g/mol. The Morgan fingerprint density at radius 2 is 2.32 bits per heavy atom. The normalized spacial score (nSPS) is 24.6. The predicted molar refractivity (Wildman–Crippen MR) is 66.0 cm³/mol. The third kappa shape index (κ3) is 1.85. The molecule has 8 heteroatoms. The highest BCUT2D eigenvalue weighted by molar-refractivity contribution is 6.28. The SMILES string of the molecule is N#Cc1cnc(Cl)nc1N1C[C@@H]2C[C@H]1CN2C(=O)O. The van der Waals surface area contributed by atoms with E-state index in [2.05, 4.69) is 9.97 Å². The number of piperazine rings is 1. The van der Waals surface area contributed by atoms with E-state index in [-0.39, 0.29) is 17.4 Å². The van der Waals surface area contributed by atoms with Crippen molar-refractivity contribution in [3.05, 3.63) is 17.0 Å². The van der Waals surface area contributed by atoms with E-state index in [4.69, 9.17) is 22.0 Å². The van der Waals surface area contributed by atoms with Gasteiger partial charge in [0.1, 0.15) is 11.6 Å². The Labute approximate surface area is 114 Å². The fourth-order valence-electron chi connectivity index (χ4n) is 2.81. The van der Waals surface area contributed by atoms with E-state index in [1.807, 2.05) is 11.0 Å². The first kappa shape index (κ1) is 12.0. The summed E-state index contributed by atoms with van der Waals surface area (Å²) in [6.07, 6.45) is 1.26. The van der Waals surface area contributed by atoms with E-state index in [1.54, 1.807) is 0 Å². The summed E-state index contributed by atoms with van der Waals surface area (Å²) in [6.45, 7) is 0.978. The van der Waals surface area contributed by atoms with Gasteiger partial charge in [-0.2, -0.15) is 10.2 Å². The Balaban J connectivity index is 1.90. The van der Waals surface area contributed by atoms with Gasteiger partial charge < -0.3 is 14.9 Å². The lowest BCUT2D eigenvalue weighted by Gasteiger charge is -2.33. The zero-order chi connectivity index (χ0) is 13.6. The van der Waals surface area contributed by atoms with Gasteiger partial charge in [0, 0.05) is 13.1 Å². The average molecular weight is 280 g/mol. The van der Waals surface area contributed by atoms with Crippen molar-refractivity contribution in [3.63, 3.8) is 0 Å². The van der Waals surface area contributed by atoms with E-state index >= 15 is 0 Å². The standard InChI is InChI=1S/C11H10ClN5O2/c12-10-14-3-6(2-13)9(15-10)16-4-8-1-7(16)5-17(8)11(18)19/h3,7-8H,1,4-5H2,(H,18,19)/t7-,8-/m0/s1. The molecule has 2 aliphatic heterocycles. The second-order valence-corrected chi connectivity index (χ2v) is 4.96. The largest absolute Gasteiger partial charge is 0.465 e. The summed E-state index contributed by atoms with van der Waals surface area (Å²) in [4.78, 5) is 22.3. The Hall–Kier alpha value is -2.07. The molecule has 2 atom stereocenters. The molecule has 7 nitrogen and oxygen atoms in total. The molecule has 1 aromatic rings. The number of amides is 1. The van der Waals surface area contributed by atoms with Crippen LogP contribution < -0.4 is 4.90 Å². The van der Waals surface area contributed by atoms with Crippen LogP contribution in [0.4, 0.5) is 10.6 Å². The quantitative estimate of drug-likeness (QED) is 0.769. The molecule has 0 saturated carbocycles. The maximum atomic E-state index is 11.0. The van der Waals surface area contributed by atoms with Crippen molar-refractivity contribution in [2.24, 2.45) is 0 Å². The lowest BCUT2D eigenvalue weighted by molar-refractivity contribution is 0.137. The van der Waals surface area contributed by atoms with Gasteiger partial charge >= 0.3 is 6.09 Å². The van der Waals surface area contributed by atoms with E-state index in [0.717, 1.165) is 6.42 Å². The summed E-state index contributed by atoms with van der Waals surface area (Å²) in [5.41, 5.74) is 0.360. The molecule has 0 aromatic carbocycles. The highest BCUT2D eigenvalue weighted by Gasteiger charge is 2.46. The van der Waals surface area contributed by atoms with Crippen molar-refractivity contribution < 1.29 is 9.90 Å². The maximum absolute atomic E-state index is 11.0. The Morgan fingerprint density at radius 3 is 2.89 bits per heavy atom. The molecule has 1 aromatic heterocycles. The van der Waals surface area contributed by atoms with Gasteiger partial charge in [0.25, 0.3) is 0 Å². The van der Waals surface area contributed by atoms with Crippen molar-refractivity contribution in [1.29, 1.82) is 5.26 Å². The molecule has 3 rings (SSSR count). The Kier molecular flexibility index (Phi) is 2.68. The van der Waals surface area contributed by atoms with E-state index in [1.165, 1.54) is 11.1 Å². The molecule has 0 aliphatic carbocycles. The highest BCUT2D eigenvalue weighted by atomic mass is 35.5. The average Bonchev–Trinajstić information content (AvgIpc) is 2.98. The van der Waals surface area contributed by atoms with Crippen molar-refractivity contribution >= 4 is 23.5 Å². The van der Waals surface area contributed by atoms with Crippen LogP contribution in [0.2, 0.25) is 5.28 Å². The number of hydrogen-bond acceptors (Lipinski definition) is 5. The predicted octanol–water partition coefficient (Wildman–Crippen LogP) is 0.943. The molecule has 0 unspecified atom stereocenters. The van der Waals surface area contributed by atoms with Crippen LogP contribution >= 0.6 is 11.6 Å². The minimum atomic E-state index is -0.895. The first-order valence-corrected chi connectivity index (χ1v) is 6.17. The Bertz CT molecular complexity index is 587. The molecule has 1 amide bonds. The number of aromatic nitrogens is 2. The number of hydrogen-bond donors (Lipinski definition) is 1. The second kappa shape index (κ2) is 4.24. The molecule has 1 N–H and O–H groups in total. The fraction of sp³-hybridized carbons (Fsp3) is 0.455. The van der Waals surface area contributed by atoms with Crippen LogP contribution in [0, 0.1) is 11.3 Å². The molecule has 2 aliphatic rings. The number of likely N-dealkylation sites (tertiary alicyclic amines) is 1. The lowest BCUT2D eigenvalue weighted by Crippen LogP contribution is -2.48. The van der Waals surface area contributed by atoms with Crippen LogP contribution in [-0.2, 0) is 0 Å². The maximum Gasteiger partial charge on any atom is 0.407 e. The van der Waals surface area contributed by atoms with Crippen molar-refractivity contribution in [2.45, 2.75) is 18.5 Å². The summed E-state index contributed by atoms with van der Waals surface area (Å²) in [7, 11) is 0. The molecule has 2 fully saturated rings. The van der Waals surface area contributed by atoms with Gasteiger partial charge in [-0.3, -0.25) is 0 Å². The molecule has 0 spiro atoms. The van der Waals surface area contributed by atoms with Crippen molar-refractivity contribution in [1.82, 2.24) is 14.9 Å². The van der Waals surface area contributed by atoms with Crippen LogP contribution in [0.3, 0.4) is 0 Å². The number of nitriles is 1. The molecular formula is C11H10ClN5O2. The summed E-state index contributed by atoms with van der Waals surface area (Å²) in [5.74, 6) is 0.500. The minimum Gasteiger partial charge on any atom is -0.465 e. The van der Waals surface area contributed by atoms with Gasteiger partial charge in [0.2, 0.25) is 5.28 Å². The molecule has 3 heterocycles. The molecule has 2 bridgehead atoms. The van der Waals surface area contributed by atoms with E-state index in [9.17, 15) is 4.79 Å². The molecule has 19 heavy (non-hydrogen) atoms.